The van der Waals surface area contributed by atoms with Gasteiger partial charge in [0.15, 0.2) is 0 Å². The number of benzene rings is 2. The van der Waals surface area contributed by atoms with Crippen LogP contribution in [0.2, 0.25) is 0 Å². The first-order chi connectivity index (χ1) is 13.5. The van der Waals surface area contributed by atoms with Crippen LogP contribution in [-0.4, -0.2) is 28.1 Å². The van der Waals surface area contributed by atoms with E-state index in [-0.39, 0.29) is 22.7 Å². The lowest BCUT2D eigenvalue weighted by molar-refractivity contribution is -0.384. The molecule has 1 unspecified atom stereocenters. The molecule has 1 aliphatic heterocycles. The molecule has 1 atom stereocenters. The summed E-state index contributed by atoms with van der Waals surface area (Å²) in [5.74, 6) is 1.30. The molecule has 1 saturated heterocycles. The van der Waals surface area contributed by atoms with Gasteiger partial charge in [-0.1, -0.05) is 0 Å². The number of nitrogens with one attached hydrogen (secondary N) is 1. The van der Waals surface area contributed by atoms with Gasteiger partial charge in [-0.2, -0.15) is 0 Å². The Morgan fingerprint density at radius 3 is 2.64 bits per heavy atom. The van der Waals surface area contributed by atoms with Crippen molar-refractivity contribution in [1.82, 2.24) is 14.9 Å². The van der Waals surface area contributed by atoms with Crippen LogP contribution in [0.3, 0.4) is 0 Å². The zero-order valence-corrected chi connectivity index (χ0v) is 15.6. The van der Waals surface area contributed by atoms with Gasteiger partial charge in [-0.05, 0) is 56.1 Å². The smallest absolute Gasteiger partial charge is 0.270 e. The molecule has 4 rings (SSSR count). The summed E-state index contributed by atoms with van der Waals surface area (Å²) in [5, 5.41) is 14.9. The van der Waals surface area contributed by atoms with Crippen LogP contribution >= 0.6 is 0 Å². The van der Waals surface area contributed by atoms with Crippen molar-refractivity contribution in [2.45, 2.75) is 25.8 Å². The number of hydrogen-bond acceptors (Lipinski definition) is 6. The highest BCUT2D eigenvalue weighted by Crippen LogP contribution is 2.28. The van der Waals surface area contributed by atoms with Crippen molar-refractivity contribution in [1.29, 1.82) is 0 Å². The second-order valence-corrected chi connectivity index (χ2v) is 6.87. The molecule has 1 N–H and O–H groups in total. The number of aryl methyl sites for hydroxylation is 1. The van der Waals surface area contributed by atoms with Crippen molar-refractivity contribution in [3.63, 3.8) is 0 Å². The van der Waals surface area contributed by atoms with E-state index in [2.05, 4.69) is 5.32 Å². The molecule has 1 fully saturated rings. The Labute approximate surface area is 160 Å². The highest BCUT2D eigenvalue weighted by Gasteiger charge is 2.25. The average Bonchev–Trinajstić information content (AvgIpc) is 3.23. The van der Waals surface area contributed by atoms with Crippen molar-refractivity contribution in [2.75, 3.05) is 13.7 Å². The number of hydrogen-bond donors (Lipinski definition) is 1. The topological polar surface area (TPSA) is 99.3 Å². The van der Waals surface area contributed by atoms with Crippen LogP contribution in [0, 0.1) is 17.0 Å². The first-order valence-corrected chi connectivity index (χ1v) is 9.09. The highest BCUT2D eigenvalue weighted by molar-refractivity contribution is 5.84. The summed E-state index contributed by atoms with van der Waals surface area (Å²) in [6.45, 7) is 2.60. The number of nitrogens with zero attached hydrogens (tertiary/aromatic N) is 3. The third kappa shape index (κ3) is 3.01. The van der Waals surface area contributed by atoms with E-state index in [0.717, 1.165) is 19.4 Å². The Morgan fingerprint density at radius 1 is 1.29 bits per heavy atom. The Bertz CT molecular complexity index is 1120. The molecule has 0 radical (unpaired) electrons. The van der Waals surface area contributed by atoms with E-state index in [0.29, 0.717) is 28.3 Å². The molecule has 144 valence electrons. The minimum absolute atomic E-state index is 0.0474. The van der Waals surface area contributed by atoms with Crippen LogP contribution in [0.15, 0.2) is 41.2 Å². The van der Waals surface area contributed by atoms with Gasteiger partial charge < -0.3 is 10.1 Å². The zero-order chi connectivity index (χ0) is 19.8. The minimum atomic E-state index is -0.490. The maximum absolute atomic E-state index is 13.4. The fourth-order valence-corrected chi connectivity index (χ4v) is 3.69. The number of fused-ring (bicyclic) bond motifs is 1. The van der Waals surface area contributed by atoms with Crippen LogP contribution < -0.4 is 15.6 Å². The zero-order valence-electron chi connectivity index (χ0n) is 15.6. The molecular weight excluding hydrogens is 360 g/mol. The number of ether oxygens (including phenoxy) is 1. The first kappa shape index (κ1) is 18.1. The highest BCUT2D eigenvalue weighted by atomic mass is 16.6. The maximum Gasteiger partial charge on any atom is 0.270 e. The fourth-order valence-electron chi connectivity index (χ4n) is 3.69. The number of methoxy groups -OCH3 is 1. The number of aromatic nitrogens is 2. The van der Waals surface area contributed by atoms with E-state index in [4.69, 9.17) is 9.72 Å². The predicted octanol–water partition coefficient (Wildman–Crippen LogP) is 3.04. The van der Waals surface area contributed by atoms with Crippen molar-refractivity contribution < 1.29 is 9.66 Å². The van der Waals surface area contributed by atoms with Gasteiger partial charge >= 0.3 is 0 Å². The first-order valence-electron chi connectivity index (χ1n) is 9.09. The Hall–Kier alpha value is -3.26. The molecule has 28 heavy (non-hydrogen) atoms. The summed E-state index contributed by atoms with van der Waals surface area (Å²) in [6.07, 6.45) is 1.88. The summed E-state index contributed by atoms with van der Waals surface area (Å²) < 4.78 is 6.75. The maximum atomic E-state index is 13.4. The average molecular weight is 380 g/mol. The summed E-state index contributed by atoms with van der Waals surface area (Å²) in [4.78, 5) is 29.0. The molecule has 1 aromatic heterocycles. The lowest BCUT2D eigenvalue weighted by Crippen LogP contribution is -2.29. The molecule has 0 spiro atoms. The monoisotopic (exact) mass is 380 g/mol. The third-order valence-electron chi connectivity index (χ3n) is 5.09. The lowest BCUT2D eigenvalue weighted by atomic mass is 10.1. The van der Waals surface area contributed by atoms with E-state index in [9.17, 15) is 14.9 Å². The molecule has 8 heteroatoms. The van der Waals surface area contributed by atoms with Crippen LogP contribution in [0.1, 0.15) is 30.3 Å². The largest absolute Gasteiger partial charge is 0.497 e. The summed E-state index contributed by atoms with van der Waals surface area (Å²) in [6, 6.07) is 9.84. The van der Waals surface area contributed by atoms with Gasteiger partial charge in [0.1, 0.15) is 11.6 Å². The fraction of sp³-hybridized carbons (Fsp3) is 0.300. The molecule has 0 amide bonds. The SMILES string of the molecule is COc1ccc(-n2c(C3CCCN3)nc3c(C)cc([N+](=O)[O-])cc3c2=O)cc1. The number of nitro benzene ring substituents is 1. The summed E-state index contributed by atoms with van der Waals surface area (Å²) in [5.41, 5.74) is 1.34. The normalized spacial score (nSPS) is 16.4. The van der Waals surface area contributed by atoms with Gasteiger partial charge in [-0.25, -0.2) is 4.98 Å². The van der Waals surface area contributed by atoms with Gasteiger partial charge in [0, 0.05) is 12.1 Å². The standard InChI is InChI=1S/C20H20N4O4/c1-12-10-14(24(26)27)11-16-18(12)22-19(17-4-3-9-21-17)23(20(16)25)13-5-7-15(28-2)8-6-13/h5-8,10-11,17,21H,3-4,9H2,1-2H3. The Kier molecular flexibility index (Phi) is 4.56. The minimum Gasteiger partial charge on any atom is -0.497 e. The number of non-ortho nitro benzene ring substituents is 1. The number of rotatable bonds is 4. The van der Waals surface area contributed by atoms with E-state index < -0.39 is 4.92 Å². The molecule has 0 aliphatic carbocycles. The van der Waals surface area contributed by atoms with Crippen LogP contribution in [-0.2, 0) is 0 Å². The van der Waals surface area contributed by atoms with E-state index >= 15 is 0 Å². The lowest BCUT2D eigenvalue weighted by Gasteiger charge is -2.19. The van der Waals surface area contributed by atoms with E-state index in [1.165, 1.54) is 12.1 Å². The van der Waals surface area contributed by atoms with Crippen LogP contribution in [0.4, 0.5) is 5.69 Å². The van der Waals surface area contributed by atoms with Crippen molar-refractivity contribution in [3.8, 4) is 11.4 Å². The van der Waals surface area contributed by atoms with Gasteiger partial charge in [0.25, 0.3) is 11.2 Å². The summed E-state index contributed by atoms with van der Waals surface area (Å²) in [7, 11) is 1.58. The molecule has 0 saturated carbocycles. The second kappa shape index (κ2) is 7.05. The van der Waals surface area contributed by atoms with E-state index in [1.807, 2.05) is 0 Å². The van der Waals surface area contributed by atoms with Crippen molar-refractivity contribution >= 4 is 16.6 Å². The molecular formula is C20H20N4O4. The second-order valence-electron chi connectivity index (χ2n) is 6.87. The third-order valence-corrected chi connectivity index (χ3v) is 5.09. The van der Waals surface area contributed by atoms with Gasteiger partial charge in [0.2, 0.25) is 0 Å². The Balaban J connectivity index is 2.03. The molecule has 2 aromatic carbocycles. The van der Waals surface area contributed by atoms with E-state index in [1.54, 1.807) is 42.9 Å². The molecule has 8 nitrogen and oxygen atoms in total. The van der Waals surface area contributed by atoms with Gasteiger partial charge in [0.05, 0.1) is 34.7 Å². The molecule has 2 heterocycles. The van der Waals surface area contributed by atoms with Crippen molar-refractivity contribution in [2.24, 2.45) is 0 Å². The Morgan fingerprint density at radius 2 is 2.04 bits per heavy atom. The van der Waals surface area contributed by atoms with Crippen LogP contribution in [0.5, 0.6) is 5.75 Å². The quantitative estimate of drug-likeness (QED) is 0.552. The predicted molar refractivity (Wildman–Crippen MR) is 105 cm³/mol. The molecule has 0 bridgehead atoms. The number of nitro groups is 1. The van der Waals surface area contributed by atoms with Gasteiger partial charge in [-0.3, -0.25) is 19.5 Å². The molecule has 3 aromatic rings. The summed E-state index contributed by atoms with van der Waals surface area (Å²) >= 11 is 0. The van der Waals surface area contributed by atoms with Crippen LogP contribution in [0.25, 0.3) is 16.6 Å². The molecule has 1 aliphatic rings. The van der Waals surface area contributed by atoms with Gasteiger partial charge in [-0.15, -0.1) is 0 Å². The van der Waals surface area contributed by atoms with Crippen molar-refractivity contribution in [3.05, 3.63) is 68.3 Å².